The number of ketones is 1. The van der Waals surface area contributed by atoms with E-state index in [1.54, 1.807) is 0 Å². The van der Waals surface area contributed by atoms with E-state index in [4.69, 9.17) is 0 Å². The molecule has 0 aromatic heterocycles. The summed E-state index contributed by atoms with van der Waals surface area (Å²) in [4.78, 5) is 12.4. The average Bonchev–Trinajstić information content (AvgIpc) is 2.37. The number of halogens is 1. The Balaban J connectivity index is 2.05. The van der Waals surface area contributed by atoms with Gasteiger partial charge in [-0.3, -0.25) is 4.79 Å². The van der Waals surface area contributed by atoms with E-state index in [0.717, 1.165) is 22.9 Å². The lowest BCUT2D eigenvalue weighted by Crippen LogP contribution is -2.39. The minimum atomic E-state index is -3.16. The van der Waals surface area contributed by atoms with E-state index in [-0.39, 0.29) is 11.7 Å². The number of hydrogen-bond acceptors (Lipinski definition) is 3. The lowest BCUT2D eigenvalue weighted by Gasteiger charge is -2.30. The lowest BCUT2D eigenvalue weighted by molar-refractivity contribution is 0.0941. The fourth-order valence-electron chi connectivity index (χ4n) is 2.71. The minimum Gasteiger partial charge on any atom is -0.294 e. The zero-order valence-corrected chi connectivity index (χ0v) is 14.7. The highest BCUT2D eigenvalue weighted by molar-refractivity contribution is 9.10. The molecule has 21 heavy (non-hydrogen) atoms. The number of sulfonamides is 1. The molecule has 0 bridgehead atoms. The Morgan fingerprint density at radius 1 is 1.43 bits per heavy atom. The quantitative estimate of drug-likeness (QED) is 0.762. The van der Waals surface area contributed by atoms with Crippen molar-refractivity contribution in [2.75, 3.05) is 19.3 Å². The molecule has 1 unspecified atom stereocenters. The summed E-state index contributed by atoms with van der Waals surface area (Å²) in [6, 6.07) is 5.68. The number of Topliss-reactive ketones (excluding diaryl/α,β-unsaturated/α-hetero) is 1. The second-order valence-electron chi connectivity index (χ2n) is 5.74. The first-order valence-electron chi connectivity index (χ1n) is 7.02. The van der Waals surface area contributed by atoms with Crippen LogP contribution in [0.15, 0.2) is 22.7 Å². The molecular weight excluding hydrogens is 354 g/mol. The van der Waals surface area contributed by atoms with Crippen LogP contribution in [0.1, 0.15) is 35.2 Å². The van der Waals surface area contributed by atoms with Crippen molar-refractivity contribution in [2.45, 2.75) is 26.2 Å². The smallest absolute Gasteiger partial charge is 0.211 e. The molecule has 0 radical (unpaired) electrons. The van der Waals surface area contributed by atoms with Crippen molar-refractivity contribution in [3.8, 4) is 0 Å². The van der Waals surface area contributed by atoms with Gasteiger partial charge in [-0.15, -0.1) is 0 Å². The van der Waals surface area contributed by atoms with Gasteiger partial charge in [0.1, 0.15) is 0 Å². The van der Waals surface area contributed by atoms with Gasteiger partial charge in [0.05, 0.1) is 6.26 Å². The molecule has 4 nitrogen and oxygen atoms in total. The molecule has 116 valence electrons. The first kappa shape index (κ1) is 16.6. The normalized spacial score (nSPS) is 20.4. The maximum absolute atomic E-state index is 12.4. The Kier molecular flexibility index (Phi) is 5.22. The van der Waals surface area contributed by atoms with Crippen molar-refractivity contribution < 1.29 is 13.2 Å². The van der Waals surface area contributed by atoms with Gasteiger partial charge < -0.3 is 0 Å². The molecule has 1 heterocycles. The summed E-state index contributed by atoms with van der Waals surface area (Å²) < 4.78 is 25.5. The van der Waals surface area contributed by atoms with Gasteiger partial charge in [0.15, 0.2) is 5.78 Å². The first-order valence-corrected chi connectivity index (χ1v) is 9.66. The summed E-state index contributed by atoms with van der Waals surface area (Å²) >= 11 is 3.43. The van der Waals surface area contributed by atoms with E-state index < -0.39 is 10.0 Å². The highest BCUT2D eigenvalue weighted by Gasteiger charge is 2.27. The van der Waals surface area contributed by atoms with Gasteiger partial charge in [-0.2, -0.15) is 0 Å². The predicted octanol–water partition coefficient (Wildman–Crippen LogP) is 3.00. The molecule has 1 aliphatic rings. The van der Waals surface area contributed by atoms with Crippen LogP contribution in [-0.2, 0) is 10.0 Å². The molecule has 0 amide bonds. The number of piperidine rings is 1. The van der Waals surface area contributed by atoms with Crippen LogP contribution in [0.4, 0.5) is 0 Å². The summed E-state index contributed by atoms with van der Waals surface area (Å²) in [6.07, 6.45) is 3.35. The van der Waals surface area contributed by atoms with Crippen molar-refractivity contribution in [1.29, 1.82) is 0 Å². The lowest BCUT2D eigenvalue weighted by atomic mass is 9.92. The molecular formula is C15H20BrNO3S. The summed E-state index contributed by atoms with van der Waals surface area (Å²) in [5.74, 6) is 0.177. The van der Waals surface area contributed by atoms with Crippen molar-refractivity contribution in [3.05, 3.63) is 33.8 Å². The monoisotopic (exact) mass is 373 g/mol. The Hall–Kier alpha value is -0.720. The zero-order valence-electron chi connectivity index (χ0n) is 12.3. The number of carbonyl (C=O) groups is 1. The van der Waals surface area contributed by atoms with Gasteiger partial charge in [-0.25, -0.2) is 12.7 Å². The van der Waals surface area contributed by atoms with Gasteiger partial charge in [-0.1, -0.05) is 28.1 Å². The summed E-state index contributed by atoms with van der Waals surface area (Å²) in [5.41, 5.74) is 1.77. The van der Waals surface area contributed by atoms with Gasteiger partial charge in [0, 0.05) is 29.5 Å². The molecule has 6 heteroatoms. The molecule has 0 aliphatic carbocycles. The molecule has 2 rings (SSSR count). The van der Waals surface area contributed by atoms with Crippen LogP contribution >= 0.6 is 15.9 Å². The Morgan fingerprint density at radius 3 is 2.76 bits per heavy atom. The van der Waals surface area contributed by atoms with Crippen LogP contribution in [0.2, 0.25) is 0 Å². The van der Waals surface area contributed by atoms with E-state index in [1.165, 1.54) is 10.6 Å². The van der Waals surface area contributed by atoms with E-state index in [2.05, 4.69) is 15.9 Å². The molecule has 1 aromatic carbocycles. The maximum atomic E-state index is 12.4. The number of nitrogens with zero attached hydrogens (tertiary/aromatic N) is 1. The van der Waals surface area contributed by atoms with Crippen LogP contribution in [0, 0.1) is 12.8 Å². The third-order valence-electron chi connectivity index (χ3n) is 3.85. The van der Waals surface area contributed by atoms with Crippen molar-refractivity contribution in [3.63, 3.8) is 0 Å². The third-order valence-corrected chi connectivity index (χ3v) is 5.78. The molecule has 1 saturated heterocycles. The third kappa shape index (κ3) is 4.37. The van der Waals surface area contributed by atoms with Crippen molar-refractivity contribution in [2.24, 2.45) is 5.92 Å². The van der Waals surface area contributed by atoms with Crippen LogP contribution in [-0.4, -0.2) is 37.9 Å². The number of carbonyl (C=O) groups excluding carboxylic acids is 1. The van der Waals surface area contributed by atoms with Crippen LogP contribution in [0.5, 0.6) is 0 Å². The SMILES string of the molecule is Cc1ccc(C(=O)CC2CCCN(S(C)(=O)=O)C2)c(Br)c1. The molecule has 0 spiro atoms. The molecule has 0 saturated carbocycles. The first-order chi connectivity index (χ1) is 9.77. The summed E-state index contributed by atoms with van der Waals surface area (Å²) in [7, 11) is -3.16. The minimum absolute atomic E-state index is 0.0715. The van der Waals surface area contributed by atoms with Crippen LogP contribution in [0.25, 0.3) is 0 Å². The molecule has 1 aliphatic heterocycles. The van der Waals surface area contributed by atoms with E-state index >= 15 is 0 Å². The largest absolute Gasteiger partial charge is 0.294 e. The van der Waals surface area contributed by atoms with Gasteiger partial charge in [0.2, 0.25) is 10.0 Å². The second-order valence-corrected chi connectivity index (χ2v) is 8.58. The van der Waals surface area contributed by atoms with E-state index in [9.17, 15) is 13.2 Å². The molecule has 1 atom stereocenters. The summed E-state index contributed by atoms with van der Waals surface area (Å²) in [5, 5.41) is 0. The van der Waals surface area contributed by atoms with Gasteiger partial charge in [-0.05, 0) is 37.3 Å². The fraction of sp³-hybridized carbons (Fsp3) is 0.533. The number of rotatable bonds is 4. The van der Waals surface area contributed by atoms with Crippen LogP contribution in [0.3, 0.4) is 0 Å². The van der Waals surface area contributed by atoms with Crippen molar-refractivity contribution in [1.82, 2.24) is 4.31 Å². The number of aryl methyl sites for hydroxylation is 1. The van der Waals surface area contributed by atoms with E-state index in [0.29, 0.717) is 25.1 Å². The molecule has 1 aromatic rings. The second kappa shape index (κ2) is 6.58. The standard InChI is InChI=1S/C15H20BrNO3S/c1-11-5-6-13(14(16)8-11)15(18)9-12-4-3-7-17(10-12)21(2,19)20/h5-6,8,12H,3-4,7,9-10H2,1-2H3. The topological polar surface area (TPSA) is 54.5 Å². The van der Waals surface area contributed by atoms with Gasteiger partial charge >= 0.3 is 0 Å². The Bertz CT molecular complexity index is 642. The van der Waals surface area contributed by atoms with Crippen LogP contribution < -0.4 is 0 Å². The number of hydrogen-bond donors (Lipinski definition) is 0. The zero-order chi connectivity index (χ0) is 15.6. The van der Waals surface area contributed by atoms with Gasteiger partial charge in [0.25, 0.3) is 0 Å². The molecule has 1 fully saturated rings. The maximum Gasteiger partial charge on any atom is 0.211 e. The highest BCUT2D eigenvalue weighted by atomic mass is 79.9. The van der Waals surface area contributed by atoms with E-state index in [1.807, 2.05) is 25.1 Å². The predicted molar refractivity (Wildman–Crippen MR) is 87.0 cm³/mol. The fourth-order valence-corrected chi connectivity index (χ4v) is 4.37. The number of benzene rings is 1. The van der Waals surface area contributed by atoms with Crippen molar-refractivity contribution >= 4 is 31.7 Å². The summed E-state index contributed by atoms with van der Waals surface area (Å²) in [6.45, 7) is 3.00. The average molecular weight is 374 g/mol. The Morgan fingerprint density at radius 2 is 2.14 bits per heavy atom. The highest BCUT2D eigenvalue weighted by Crippen LogP contribution is 2.26. The molecule has 0 N–H and O–H groups in total. The Labute approximate surface area is 134 Å².